The van der Waals surface area contributed by atoms with E-state index in [1.807, 2.05) is 79.7 Å². The molecule has 0 spiro atoms. The molecular formula is C25H31NO5. The fourth-order valence-corrected chi connectivity index (χ4v) is 3.71. The number of carbonyl (C=O) groups excluding carboxylic acids is 1. The molecular weight excluding hydrogens is 394 g/mol. The van der Waals surface area contributed by atoms with Gasteiger partial charge in [-0.2, -0.15) is 0 Å². The van der Waals surface area contributed by atoms with E-state index in [2.05, 4.69) is 5.32 Å². The van der Waals surface area contributed by atoms with Crippen LogP contribution in [0.2, 0.25) is 0 Å². The summed E-state index contributed by atoms with van der Waals surface area (Å²) in [7, 11) is 0. The molecule has 3 rings (SSSR count). The quantitative estimate of drug-likeness (QED) is 0.604. The summed E-state index contributed by atoms with van der Waals surface area (Å²) in [6, 6.07) is 19.1. The minimum absolute atomic E-state index is 0.206. The highest BCUT2D eigenvalue weighted by molar-refractivity contribution is 5.73. The molecule has 5 atom stereocenters. The van der Waals surface area contributed by atoms with Gasteiger partial charge in [-0.1, -0.05) is 72.8 Å². The molecule has 2 aromatic rings. The average molecular weight is 426 g/mol. The lowest BCUT2D eigenvalue weighted by molar-refractivity contribution is -0.205. The van der Waals surface area contributed by atoms with Crippen molar-refractivity contribution in [3.63, 3.8) is 0 Å². The van der Waals surface area contributed by atoms with E-state index >= 15 is 0 Å². The number of allylic oxidation sites excluding steroid dienone is 1. The summed E-state index contributed by atoms with van der Waals surface area (Å²) >= 11 is 0. The van der Waals surface area contributed by atoms with E-state index in [1.54, 1.807) is 0 Å². The SMILES string of the molecule is C/C=C/[C@H]1OC(COCc2ccccc2)[C@@H](O)C(OCc2ccccc2)C1NC(C)=O. The molecule has 0 bridgehead atoms. The zero-order valence-corrected chi connectivity index (χ0v) is 18.0. The van der Waals surface area contributed by atoms with Gasteiger partial charge in [-0.3, -0.25) is 4.79 Å². The molecule has 2 aromatic carbocycles. The molecule has 1 saturated heterocycles. The molecule has 1 aliphatic rings. The van der Waals surface area contributed by atoms with Gasteiger partial charge in [-0.15, -0.1) is 0 Å². The molecule has 0 radical (unpaired) electrons. The molecule has 6 heteroatoms. The molecule has 3 unspecified atom stereocenters. The van der Waals surface area contributed by atoms with Crippen LogP contribution in [0, 0.1) is 0 Å². The standard InChI is InChI=1S/C25H31NO5/c1-3-10-21-23(26-18(2)27)25(30-16-20-13-8-5-9-14-20)24(28)22(31-21)17-29-15-19-11-6-4-7-12-19/h3-14,21-25,28H,15-17H2,1-2H3,(H,26,27)/b10-3+/t21-,22?,23?,24-,25?/m1/s1. The Kier molecular flexibility index (Phi) is 8.79. The van der Waals surface area contributed by atoms with Crippen molar-refractivity contribution in [3.8, 4) is 0 Å². The number of hydrogen-bond acceptors (Lipinski definition) is 5. The van der Waals surface area contributed by atoms with Crippen LogP contribution in [0.3, 0.4) is 0 Å². The topological polar surface area (TPSA) is 77.0 Å². The second-order valence-corrected chi connectivity index (χ2v) is 7.64. The fourth-order valence-electron chi connectivity index (χ4n) is 3.71. The Morgan fingerprint density at radius 2 is 1.68 bits per heavy atom. The summed E-state index contributed by atoms with van der Waals surface area (Å²) in [5.74, 6) is -0.206. The summed E-state index contributed by atoms with van der Waals surface area (Å²) in [6.07, 6.45) is 1.10. The molecule has 6 nitrogen and oxygen atoms in total. The maximum absolute atomic E-state index is 11.8. The normalized spacial score (nSPS) is 26.1. The fraction of sp³-hybridized carbons (Fsp3) is 0.400. The lowest BCUT2D eigenvalue weighted by atomic mass is 9.92. The van der Waals surface area contributed by atoms with Gasteiger partial charge in [0.05, 0.1) is 32.0 Å². The maximum atomic E-state index is 11.8. The van der Waals surface area contributed by atoms with E-state index in [9.17, 15) is 9.90 Å². The van der Waals surface area contributed by atoms with Crippen LogP contribution in [0.4, 0.5) is 0 Å². The number of ether oxygens (including phenoxy) is 3. The smallest absolute Gasteiger partial charge is 0.217 e. The molecule has 1 heterocycles. The van der Waals surface area contributed by atoms with E-state index < -0.39 is 30.5 Å². The van der Waals surface area contributed by atoms with Crippen molar-refractivity contribution < 1.29 is 24.1 Å². The Bertz CT molecular complexity index is 826. The Morgan fingerprint density at radius 1 is 1.06 bits per heavy atom. The monoisotopic (exact) mass is 425 g/mol. The molecule has 31 heavy (non-hydrogen) atoms. The Morgan fingerprint density at radius 3 is 2.26 bits per heavy atom. The molecule has 0 saturated carbocycles. The molecule has 0 aliphatic carbocycles. The van der Waals surface area contributed by atoms with Gasteiger partial charge in [0.25, 0.3) is 0 Å². The minimum atomic E-state index is -0.960. The van der Waals surface area contributed by atoms with E-state index in [-0.39, 0.29) is 12.5 Å². The van der Waals surface area contributed by atoms with E-state index in [4.69, 9.17) is 14.2 Å². The molecule has 1 fully saturated rings. The number of amides is 1. The highest BCUT2D eigenvalue weighted by Crippen LogP contribution is 2.26. The van der Waals surface area contributed by atoms with Gasteiger partial charge in [-0.05, 0) is 18.1 Å². The largest absolute Gasteiger partial charge is 0.388 e. The summed E-state index contributed by atoms with van der Waals surface area (Å²) in [5, 5.41) is 14.0. The average Bonchev–Trinajstić information content (AvgIpc) is 2.77. The highest BCUT2D eigenvalue weighted by Gasteiger charge is 2.45. The van der Waals surface area contributed by atoms with Crippen molar-refractivity contribution in [3.05, 3.63) is 83.9 Å². The van der Waals surface area contributed by atoms with Crippen LogP contribution in [0.5, 0.6) is 0 Å². The maximum Gasteiger partial charge on any atom is 0.217 e. The van der Waals surface area contributed by atoms with Crippen molar-refractivity contribution in [2.24, 2.45) is 0 Å². The Hall–Kier alpha value is -2.51. The summed E-state index contributed by atoms with van der Waals surface area (Å²) in [5.41, 5.74) is 2.04. The predicted octanol–water partition coefficient (Wildman–Crippen LogP) is 3.00. The van der Waals surface area contributed by atoms with Gasteiger partial charge >= 0.3 is 0 Å². The van der Waals surface area contributed by atoms with Crippen LogP contribution in [-0.4, -0.2) is 48.1 Å². The van der Waals surface area contributed by atoms with Crippen molar-refractivity contribution in [1.82, 2.24) is 5.32 Å². The number of hydrogen-bond donors (Lipinski definition) is 2. The van der Waals surface area contributed by atoms with Gasteiger partial charge in [0.1, 0.15) is 18.3 Å². The van der Waals surface area contributed by atoms with Gasteiger partial charge in [-0.25, -0.2) is 0 Å². The van der Waals surface area contributed by atoms with E-state index in [0.717, 1.165) is 11.1 Å². The van der Waals surface area contributed by atoms with Gasteiger partial charge in [0.15, 0.2) is 0 Å². The van der Waals surface area contributed by atoms with Crippen LogP contribution in [-0.2, 0) is 32.2 Å². The number of aliphatic hydroxyl groups excluding tert-OH is 1. The summed E-state index contributed by atoms with van der Waals surface area (Å²) in [6.45, 7) is 4.29. The van der Waals surface area contributed by atoms with Crippen molar-refractivity contribution in [2.75, 3.05) is 6.61 Å². The third-order valence-corrected chi connectivity index (χ3v) is 5.19. The molecule has 1 amide bonds. The van der Waals surface area contributed by atoms with E-state index in [1.165, 1.54) is 6.92 Å². The first-order chi connectivity index (χ1) is 15.1. The number of rotatable bonds is 9. The van der Waals surface area contributed by atoms with Crippen molar-refractivity contribution >= 4 is 5.91 Å². The first-order valence-corrected chi connectivity index (χ1v) is 10.6. The van der Waals surface area contributed by atoms with Gasteiger partial charge < -0.3 is 24.6 Å². The Balaban J connectivity index is 1.72. The van der Waals surface area contributed by atoms with Crippen molar-refractivity contribution in [2.45, 2.75) is 57.5 Å². The zero-order chi connectivity index (χ0) is 22.1. The van der Waals surface area contributed by atoms with Gasteiger partial charge in [0, 0.05) is 6.92 Å². The Labute approximate surface area is 183 Å². The third kappa shape index (κ3) is 6.74. The lowest BCUT2D eigenvalue weighted by Gasteiger charge is -2.44. The molecule has 2 N–H and O–H groups in total. The van der Waals surface area contributed by atoms with Crippen LogP contribution < -0.4 is 5.32 Å². The number of carbonyl (C=O) groups is 1. The number of benzene rings is 2. The van der Waals surface area contributed by atoms with Crippen LogP contribution in [0.1, 0.15) is 25.0 Å². The van der Waals surface area contributed by atoms with Gasteiger partial charge in [0.2, 0.25) is 5.91 Å². The predicted molar refractivity (Wildman–Crippen MR) is 118 cm³/mol. The minimum Gasteiger partial charge on any atom is -0.388 e. The van der Waals surface area contributed by atoms with Crippen LogP contribution in [0.25, 0.3) is 0 Å². The van der Waals surface area contributed by atoms with E-state index in [0.29, 0.717) is 13.2 Å². The molecule has 1 aliphatic heterocycles. The van der Waals surface area contributed by atoms with Crippen LogP contribution >= 0.6 is 0 Å². The highest BCUT2D eigenvalue weighted by atomic mass is 16.6. The third-order valence-electron chi connectivity index (χ3n) is 5.19. The number of nitrogens with one attached hydrogen (secondary N) is 1. The lowest BCUT2D eigenvalue weighted by Crippen LogP contribution is -2.64. The number of aliphatic hydroxyl groups is 1. The first-order valence-electron chi connectivity index (χ1n) is 10.6. The summed E-state index contributed by atoms with van der Waals surface area (Å²) in [4.78, 5) is 11.8. The van der Waals surface area contributed by atoms with Crippen LogP contribution in [0.15, 0.2) is 72.8 Å². The molecule has 166 valence electrons. The van der Waals surface area contributed by atoms with Crippen molar-refractivity contribution in [1.29, 1.82) is 0 Å². The first kappa shape index (κ1) is 23.2. The second-order valence-electron chi connectivity index (χ2n) is 7.64. The molecule has 0 aromatic heterocycles. The zero-order valence-electron chi connectivity index (χ0n) is 18.0. The summed E-state index contributed by atoms with van der Waals surface area (Å²) < 4.78 is 18.1. The second kappa shape index (κ2) is 11.8.